The van der Waals surface area contributed by atoms with Crippen LogP contribution in [0.2, 0.25) is 0 Å². The fourth-order valence-electron chi connectivity index (χ4n) is 10.9. The summed E-state index contributed by atoms with van der Waals surface area (Å²) in [7, 11) is 1.51. The van der Waals surface area contributed by atoms with E-state index in [9.17, 15) is 14.7 Å². The van der Waals surface area contributed by atoms with Crippen LogP contribution in [0.5, 0.6) is 0 Å². The highest BCUT2D eigenvalue weighted by Gasteiger charge is 2.71. The maximum Gasteiger partial charge on any atom is 0.314 e. The number of hydrogen-bond donors (Lipinski definition) is 1. The summed E-state index contributed by atoms with van der Waals surface area (Å²) in [5.41, 5.74) is -1.46. The first-order valence-corrected chi connectivity index (χ1v) is 14.6. The molecule has 4 saturated carbocycles. The molecule has 204 valence electrons. The summed E-state index contributed by atoms with van der Waals surface area (Å²) in [4.78, 5) is 26.3. The number of aliphatic hydroxyl groups is 1. The van der Waals surface area contributed by atoms with Gasteiger partial charge >= 0.3 is 5.97 Å². The lowest BCUT2D eigenvalue weighted by molar-refractivity contribution is -0.284. The second kappa shape index (κ2) is 8.04. The predicted molar refractivity (Wildman–Crippen MR) is 139 cm³/mol. The van der Waals surface area contributed by atoms with Gasteiger partial charge in [-0.3, -0.25) is 9.59 Å². The van der Waals surface area contributed by atoms with E-state index in [1.165, 1.54) is 7.11 Å². The zero-order valence-corrected chi connectivity index (χ0v) is 24.0. The molecule has 5 rings (SSSR count). The Morgan fingerprint density at radius 3 is 2.25 bits per heavy atom. The van der Waals surface area contributed by atoms with Crippen molar-refractivity contribution in [2.75, 3.05) is 7.11 Å². The molecule has 1 aliphatic heterocycles. The molecular formula is C31H50O5. The number of carbonyl (C=O) groups excluding carboxylic acids is 2. The predicted octanol–water partition coefficient (Wildman–Crippen LogP) is 6.10. The number of methoxy groups -OCH3 is 1. The molecule has 9 atom stereocenters. The van der Waals surface area contributed by atoms with Gasteiger partial charge in [-0.15, -0.1) is 0 Å². The Balaban J connectivity index is 1.54. The van der Waals surface area contributed by atoms with Crippen molar-refractivity contribution >= 4 is 11.8 Å². The molecule has 5 aliphatic rings. The SMILES string of the molecule is COC(=O)[C@]12CC[C@@H](C(C)(C)O)O[C@@H]1[C@H]1CC[C@@H]3[C@@]4(C)CCC(=O)C(C)(C)[C@@H]4CC[C@@]3(C)[C@]1(C)CC2. The average molecular weight is 503 g/mol. The van der Waals surface area contributed by atoms with Gasteiger partial charge in [0.1, 0.15) is 5.78 Å². The Hall–Kier alpha value is -0.940. The number of Topliss-reactive ketones (excluding diaryl/α,β-unsaturated/α-hetero) is 1. The Labute approximate surface area is 218 Å². The maximum atomic E-state index is 13.4. The average Bonchev–Trinajstić information content (AvgIpc) is 2.80. The molecule has 1 saturated heterocycles. The van der Waals surface area contributed by atoms with Gasteiger partial charge < -0.3 is 14.6 Å². The summed E-state index contributed by atoms with van der Waals surface area (Å²) >= 11 is 0. The van der Waals surface area contributed by atoms with Crippen LogP contribution in [-0.2, 0) is 19.1 Å². The van der Waals surface area contributed by atoms with Gasteiger partial charge in [0.05, 0.1) is 30.3 Å². The molecule has 5 heteroatoms. The molecular weight excluding hydrogens is 452 g/mol. The van der Waals surface area contributed by atoms with Crippen LogP contribution in [0.15, 0.2) is 0 Å². The molecule has 0 spiro atoms. The molecule has 0 aromatic carbocycles. The molecule has 0 unspecified atom stereocenters. The van der Waals surface area contributed by atoms with Crippen LogP contribution in [0.25, 0.3) is 0 Å². The van der Waals surface area contributed by atoms with Crippen molar-refractivity contribution in [1.29, 1.82) is 0 Å². The fraction of sp³-hybridized carbons (Fsp3) is 0.935. The van der Waals surface area contributed by atoms with Crippen molar-refractivity contribution < 1.29 is 24.2 Å². The second-order valence-corrected chi connectivity index (χ2v) is 15.2. The van der Waals surface area contributed by atoms with Crippen LogP contribution >= 0.6 is 0 Å². The van der Waals surface area contributed by atoms with Crippen LogP contribution < -0.4 is 0 Å². The van der Waals surface area contributed by atoms with Crippen molar-refractivity contribution in [3.8, 4) is 0 Å². The monoisotopic (exact) mass is 502 g/mol. The molecule has 1 heterocycles. The van der Waals surface area contributed by atoms with Crippen LogP contribution in [0.4, 0.5) is 0 Å². The molecule has 0 radical (unpaired) electrons. The van der Waals surface area contributed by atoms with Crippen molar-refractivity contribution in [3.05, 3.63) is 0 Å². The smallest absolute Gasteiger partial charge is 0.314 e. The number of hydrogen-bond acceptors (Lipinski definition) is 5. The van der Waals surface area contributed by atoms with E-state index in [0.717, 1.165) is 51.4 Å². The van der Waals surface area contributed by atoms with Crippen molar-refractivity contribution in [1.82, 2.24) is 0 Å². The third-order valence-corrected chi connectivity index (χ3v) is 13.2. The maximum absolute atomic E-state index is 13.4. The summed E-state index contributed by atoms with van der Waals surface area (Å²) in [5, 5.41) is 10.9. The molecule has 0 bridgehead atoms. The van der Waals surface area contributed by atoms with Gasteiger partial charge in [-0.25, -0.2) is 0 Å². The standard InChI is InChI=1S/C31H50O5/c1-26(2)20-11-15-30(7)21(28(20,5)14-12-22(26)32)10-9-19-24-31(25(33)35-8,18-17-29(19,30)6)16-13-23(36-24)27(3,4)34/h19-21,23-24,34H,9-18H2,1-8H3/t19-,20+,21-,23+,24-,28+,29-,30-,31+/m1/s1. The minimum absolute atomic E-state index is 0.0408. The molecule has 5 fully saturated rings. The first kappa shape index (κ1) is 26.7. The van der Waals surface area contributed by atoms with E-state index in [-0.39, 0.29) is 45.8 Å². The van der Waals surface area contributed by atoms with Gasteiger partial charge in [0.2, 0.25) is 0 Å². The van der Waals surface area contributed by atoms with E-state index >= 15 is 0 Å². The number of ketones is 1. The molecule has 36 heavy (non-hydrogen) atoms. The van der Waals surface area contributed by atoms with Crippen LogP contribution in [-0.4, -0.2) is 41.8 Å². The fourth-order valence-corrected chi connectivity index (χ4v) is 10.9. The van der Waals surface area contributed by atoms with Gasteiger partial charge in [-0.2, -0.15) is 0 Å². The Bertz CT molecular complexity index is 934. The minimum Gasteiger partial charge on any atom is -0.469 e. The normalized spacial score (nSPS) is 50.2. The van der Waals surface area contributed by atoms with E-state index in [1.807, 2.05) is 13.8 Å². The lowest BCUT2D eigenvalue weighted by Gasteiger charge is -2.72. The number of ether oxygens (including phenoxy) is 2. The molecule has 0 aromatic rings. The van der Waals surface area contributed by atoms with Gasteiger partial charge in [0.15, 0.2) is 0 Å². The Morgan fingerprint density at radius 2 is 1.61 bits per heavy atom. The van der Waals surface area contributed by atoms with Crippen molar-refractivity contribution in [2.45, 2.75) is 130 Å². The van der Waals surface area contributed by atoms with Crippen LogP contribution in [0, 0.1) is 44.8 Å². The number of carbonyl (C=O) groups is 2. The molecule has 5 nitrogen and oxygen atoms in total. The zero-order chi connectivity index (χ0) is 26.5. The van der Waals surface area contributed by atoms with E-state index in [2.05, 4.69) is 34.6 Å². The second-order valence-electron chi connectivity index (χ2n) is 15.2. The van der Waals surface area contributed by atoms with E-state index in [0.29, 0.717) is 30.5 Å². The first-order chi connectivity index (χ1) is 16.6. The molecule has 0 amide bonds. The summed E-state index contributed by atoms with van der Waals surface area (Å²) in [6.45, 7) is 15.6. The third-order valence-electron chi connectivity index (χ3n) is 13.2. The lowest BCUT2D eigenvalue weighted by Crippen LogP contribution is -2.69. The zero-order valence-electron chi connectivity index (χ0n) is 24.0. The highest BCUT2D eigenvalue weighted by Crippen LogP contribution is 2.75. The van der Waals surface area contributed by atoms with Crippen molar-refractivity contribution in [3.63, 3.8) is 0 Å². The largest absolute Gasteiger partial charge is 0.469 e. The highest BCUT2D eigenvalue weighted by atomic mass is 16.5. The minimum atomic E-state index is -0.941. The molecule has 0 aromatic heterocycles. The van der Waals surface area contributed by atoms with E-state index in [4.69, 9.17) is 9.47 Å². The number of rotatable bonds is 2. The molecule has 1 N–H and O–H groups in total. The summed E-state index contributed by atoms with van der Waals surface area (Å²) in [6.07, 6.45) is 8.83. The van der Waals surface area contributed by atoms with Crippen LogP contribution in [0.3, 0.4) is 0 Å². The molecule has 4 aliphatic carbocycles. The number of esters is 1. The van der Waals surface area contributed by atoms with Crippen LogP contribution in [0.1, 0.15) is 113 Å². The highest BCUT2D eigenvalue weighted by molar-refractivity contribution is 5.85. The first-order valence-electron chi connectivity index (χ1n) is 14.6. The van der Waals surface area contributed by atoms with E-state index in [1.54, 1.807) is 0 Å². The summed E-state index contributed by atoms with van der Waals surface area (Å²) in [5.74, 6) is 1.58. The number of fused-ring (bicyclic) bond motifs is 7. The summed E-state index contributed by atoms with van der Waals surface area (Å²) < 4.78 is 12.2. The van der Waals surface area contributed by atoms with Gasteiger partial charge in [0.25, 0.3) is 0 Å². The summed E-state index contributed by atoms with van der Waals surface area (Å²) in [6, 6.07) is 0. The quantitative estimate of drug-likeness (QED) is 0.462. The van der Waals surface area contributed by atoms with E-state index < -0.39 is 11.0 Å². The van der Waals surface area contributed by atoms with Gasteiger partial charge in [-0.1, -0.05) is 34.6 Å². The van der Waals surface area contributed by atoms with Gasteiger partial charge in [-0.05, 0) is 106 Å². The van der Waals surface area contributed by atoms with Crippen molar-refractivity contribution in [2.24, 2.45) is 44.8 Å². The Morgan fingerprint density at radius 1 is 0.917 bits per heavy atom. The topological polar surface area (TPSA) is 72.8 Å². The van der Waals surface area contributed by atoms with Gasteiger partial charge in [0, 0.05) is 11.8 Å². The Kier molecular flexibility index (Phi) is 5.95. The lowest BCUT2D eigenvalue weighted by atomic mass is 9.33. The third kappa shape index (κ3) is 3.26.